The van der Waals surface area contributed by atoms with Crippen LogP contribution >= 0.6 is 15.9 Å². The molecule has 0 aromatic carbocycles. The average Bonchev–Trinajstić information content (AvgIpc) is 2.73. The molecule has 1 aliphatic carbocycles. The van der Waals surface area contributed by atoms with Gasteiger partial charge in [0.15, 0.2) is 0 Å². The van der Waals surface area contributed by atoms with Crippen LogP contribution in [-0.4, -0.2) is 9.55 Å². The van der Waals surface area contributed by atoms with Gasteiger partial charge in [-0.2, -0.15) is 0 Å². The lowest BCUT2D eigenvalue weighted by molar-refractivity contribution is 0.573. The molecule has 0 spiro atoms. The Morgan fingerprint density at radius 1 is 1.39 bits per heavy atom. The van der Waals surface area contributed by atoms with Crippen molar-refractivity contribution in [3.05, 3.63) is 52.0 Å². The molecule has 0 fully saturated rings. The molecule has 18 heavy (non-hydrogen) atoms. The van der Waals surface area contributed by atoms with Crippen molar-refractivity contribution in [2.24, 2.45) is 5.73 Å². The fourth-order valence-electron chi connectivity index (χ4n) is 2.63. The summed E-state index contributed by atoms with van der Waals surface area (Å²) in [5.41, 5.74) is 10.1. The van der Waals surface area contributed by atoms with E-state index in [2.05, 4.69) is 43.9 Å². The van der Waals surface area contributed by atoms with Gasteiger partial charge < -0.3 is 10.3 Å². The van der Waals surface area contributed by atoms with E-state index in [1.807, 2.05) is 6.20 Å². The van der Waals surface area contributed by atoms with Crippen LogP contribution in [0.5, 0.6) is 0 Å². The van der Waals surface area contributed by atoms with Crippen LogP contribution in [0.1, 0.15) is 35.6 Å². The monoisotopic (exact) mass is 305 g/mol. The SMILES string of the molecule is NC1CCCc2cn(Cc3cncc(Br)c3)cc21. The highest BCUT2D eigenvalue weighted by Crippen LogP contribution is 2.28. The fraction of sp³-hybridized carbons (Fsp3) is 0.357. The van der Waals surface area contributed by atoms with Crippen molar-refractivity contribution < 1.29 is 0 Å². The lowest BCUT2D eigenvalue weighted by Gasteiger charge is -2.17. The number of hydrogen-bond donors (Lipinski definition) is 1. The van der Waals surface area contributed by atoms with Gasteiger partial charge in [-0.25, -0.2) is 0 Å². The minimum atomic E-state index is 0.218. The van der Waals surface area contributed by atoms with E-state index in [1.54, 1.807) is 6.20 Å². The zero-order valence-corrected chi connectivity index (χ0v) is 11.7. The molecule has 3 rings (SSSR count). The third-order valence-electron chi connectivity index (χ3n) is 3.48. The predicted molar refractivity (Wildman–Crippen MR) is 75.3 cm³/mol. The molecule has 4 heteroatoms. The van der Waals surface area contributed by atoms with Gasteiger partial charge in [0.1, 0.15) is 0 Å². The smallest absolute Gasteiger partial charge is 0.0486 e. The van der Waals surface area contributed by atoms with E-state index < -0.39 is 0 Å². The first kappa shape index (κ1) is 11.9. The number of hydrogen-bond acceptors (Lipinski definition) is 2. The summed E-state index contributed by atoms with van der Waals surface area (Å²) in [7, 11) is 0. The van der Waals surface area contributed by atoms with Gasteiger partial charge in [-0.1, -0.05) is 0 Å². The second kappa shape index (κ2) is 4.86. The normalized spacial score (nSPS) is 18.7. The number of nitrogens with zero attached hydrogens (tertiary/aromatic N) is 2. The minimum absolute atomic E-state index is 0.218. The van der Waals surface area contributed by atoms with Gasteiger partial charge >= 0.3 is 0 Å². The van der Waals surface area contributed by atoms with E-state index in [0.29, 0.717) is 0 Å². The Morgan fingerprint density at radius 2 is 2.28 bits per heavy atom. The van der Waals surface area contributed by atoms with Gasteiger partial charge in [-0.15, -0.1) is 0 Å². The maximum absolute atomic E-state index is 6.14. The third-order valence-corrected chi connectivity index (χ3v) is 3.92. The topological polar surface area (TPSA) is 43.8 Å². The highest BCUT2D eigenvalue weighted by atomic mass is 79.9. The van der Waals surface area contributed by atoms with Crippen molar-refractivity contribution in [2.75, 3.05) is 0 Å². The molecule has 3 nitrogen and oxygen atoms in total. The van der Waals surface area contributed by atoms with Gasteiger partial charge in [0.05, 0.1) is 0 Å². The van der Waals surface area contributed by atoms with Crippen LogP contribution in [0, 0.1) is 0 Å². The van der Waals surface area contributed by atoms with Crippen LogP contribution in [-0.2, 0) is 13.0 Å². The van der Waals surface area contributed by atoms with Crippen molar-refractivity contribution in [1.82, 2.24) is 9.55 Å². The van der Waals surface area contributed by atoms with Crippen molar-refractivity contribution in [1.29, 1.82) is 0 Å². The molecule has 0 saturated carbocycles. The zero-order chi connectivity index (χ0) is 12.5. The van der Waals surface area contributed by atoms with Crippen molar-refractivity contribution >= 4 is 15.9 Å². The zero-order valence-electron chi connectivity index (χ0n) is 10.1. The fourth-order valence-corrected chi connectivity index (χ4v) is 3.04. The summed E-state index contributed by atoms with van der Waals surface area (Å²) in [6.45, 7) is 0.853. The van der Waals surface area contributed by atoms with Crippen LogP contribution in [0.4, 0.5) is 0 Å². The summed E-state index contributed by atoms with van der Waals surface area (Å²) in [4.78, 5) is 4.19. The van der Waals surface area contributed by atoms with E-state index in [9.17, 15) is 0 Å². The molecule has 94 valence electrons. The number of aryl methyl sites for hydroxylation is 1. The Bertz CT molecular complexity index is 562. The van der Waals surface area contributed by atoms with Crippen LogP contribution in [0.15, 0.2) is 35.3 Å². The van der Waals surface area contributed by atoms with Gasteiger partial charge in [0.25, 0.3) is 0 Å². The quantitative estimate of drug-likeness (QED) is 0.927. The molecule has 1 atom stereocenters. The number of aromatic nitrogens is 2. The molecule has 0 saturated heterocycles. The van der Waals surface area contributed by atoms with Crippen LogP contribution < -0.4 is 5.73 Å². The summed E-state index contributed by atoms with van der Waals surface area (Å²) >= 11 is 3.45. The van der Waals surface area contributed by atoms with Gasteiger partial charge in [0.2, 0.25) is 0 Å². The molecule has 2 aromatic rings. The highest BCUT2D eigenvalue weighted by Gasteiger charge is 2.18. The summed E-state index contributed by atoms with van der Waals surface area (Å²) < 4.78 is 3.24. The molecule has 0 amide bonds. The average molecular weight is 306 g/mol. The largest absolute Gasteiger partial charge is 0.349 e. The molecule has 0 bridgehead atoms. The summed E-state index contributed by atoms with van der Waals surface area (Å²) in [5.74, 6) is 0. The summed E-state index contributed by atoms with van der Waals surface area (Å²) in [6.07, 6.45) is 11.6. The molecule has 2 aromatic heterocycles. The first-order valence-electron chi connectivity index (χ1n) is 6.26. The third kappa shape index (κ3) is 2.35. The molecule has 1 unspecified atom stereocenters. The van der Waals surface area contributed by atoms with Gasteiger partial charge in [-0.3, -0.25) is 4.98 Å². The molecular formula is C14H16BrN3. The lowest BCUT2D eigenvalue weighted by Crippen LogP contribution is -2.15. The first-order valence-corrected chi connectivity index (χ1v) is 7.05. The molecular weight excluding hydrogens is 290 g/mol. The maximum Gasteiger partial charge on any atom is 0.0486 e. The second-order valence-electron chi connectivity index (χ2n) is 4.92. The van der Waals surface area contributed by atoms with E-state index in [-0.39, 0.29) is 6.04 Å². The Balaban J connectivity index is 1.85. The number of fused-ring (bicyclic) bond motifs is 1. The van der Waals surface area contributed by atoms with Gasteiger partial charge in [-0.05, 0) is 57.9 Å². The van der Waals surface area contributed by atoms with Crippen molar-refractivity contribution in [3.8, 4) is 0 Å². The standard InChI is InChI=1S/C14H16BrN3/c15-12-4-10(5-17-6-12)7-18-8-11-2-1-3-14(16)13(11)9-18/h4-6,8-9,14H,1-3,7,16H2. The lowest BCUT2D eigenvalue weighted by atomic mass is 9.92. The number of pyridine rings is 1. The number of rotatable bonds is 2. The Hall–Kier alpha value is -1.13. The first-order chi connectivity index (χ1) is 8.72. The maximum atomic E-state index is 6.14. The summed E-state index contributed by atoms with van der Waals surface area (Å²) in [6, 6.07) is 2.32. The van der Waals surface area contributed by atoms with Crippen LogP contribution in [0.2, 0.25) is 0 Å². The Labute approximate surface area is 115 Å². The van der Waals surface area contributed by atoms with E-state index in [0.717, 1.165) is 23.9 Å². The molecule has 0 radical (unpaired) electrons. The Kier molecular flexibility index (Phi) is 3.22. The van der Waals surface area contributed by atoms with Crippen LogP contribution in [0.3, 0.4) is 0 Å². The van der Waals surface area contributed by atoms with Crippen molar-refractivity contribution in [3.63, 3.8) is 0 Å². The highest BCUT2D eigenvalue weighted by molar-refractivity contribution is 9.10. The number of halogens is 1. The molecule has 1 aliphatic rings. The molecule has 0 aliphatic heterocycles. The predicted octanol–water partition coefficient (Wildman–Crippen LogP) is 3.03. The van der Waals surface area contributed by atoms with Crippen molar-refractivity contribution in [2.45, 2.75) is 31.8 Å². The molecule has 2 N–H and O–H groups in total. The van der Waals surface area contributed by atoms with E-state index in [1.165, 1.54) is 23.1 Å². The molecule has 2 heterocycles. The van der Waals surface area contributed by atoms with E-state index in [4.69, 9.17) is 5.73 Å². The Morgan fingerprint density at radius 3 is 3.06 bits per heavy atom. The summed E-state index contributed by atoms with van der Waals surface area (Å²) in [5, 5.41) is 0. The van der Waals surface area contributed by atoms with E-state index >= 15 is 0 Å². The number of nitrogens with two attached hydrogens (primary N) is 1. The second-order valence-corrected chi connectivity index (χ2v) is 5.84. The minimum Gasteiger partial charge on any atom is -0.349 e. The van der Waals surface area contributed by atoms with Crippen LogP contribution in [0.25, 0.3) is 0 Å². The van der Waals surface area contributed by atoms with Gasteiger partial charge in [0, 0.05) is 41.8 Å².